The molecule has 0 aliphatic heterocycles. The molecule has 13 heavy (non-hydrogen) atoms. The van der Waals surface area contributed by atoms with E-state index in [0.717, 1.165) is 6.54 Å². The number of aryl methyl sites for hydroxylation is 1. The largest absolute Gasteiger partial charge is 0.395 e. The minimum absolute atomic E-state index is 0.167. The van der Waals surface area contributed by atoms with Crippen molar-refractivity contribution in [3.63, 3.8) is 0 Å². The Bertz CT molecular complexity index is 260. The van der Waals surface area contributed by atoms with E-state index in [1.807, 2.05) is 6.92 Å². The molecule has 1 atom stereocenters. The van der Waals surface area contributed by atoms with Gasteiger partial charge in [-0.25, -0.2) is 0 Å². The lowest BCUT2D eigenvalue weighted by atomic mass is 10.1. The highest BCUT2D eigenvalue weighted by molar-refractivity contribution is 5.21. The third-order valence-corrected chi connectivity index (χ3v) is 2.01. The van der Waals surface area contributed by atoms with Crippen molar-refractivity contribution in [2.75, 3.05) is 6.61 Å². The summed E-state index contributed by atoms with van der Waals surface area (Å²) in [6, 6.07) is 8.54. The minimum Gasteiger partial charge on any atom is -0.395 e. The van der Waals surface area contributed by atoms with Gasteiger partial charge in [-0.15, -0.1) is 0 Å². The molecular formula is C11H17NO. The summed E-state index contributed by atoms with van der Waals surface area (Å²) >= 11 is 0. The molecule has 1 rings (SSSR count). The molecule has 1 aromatic carbocycles. The van der Waals surface area contributed by atoms with E-state index in [1.54, 1.807) is 0 Å². The van der Waals surface area contributed by atoms with Gasteiger partial charge in [0.1, 0.15) is 0 Å². The smallest absolute Gasteiger partial charge is 0.0582 e. The highest BCUT2D eigenvalue weighted by atomic mass is 16.3. The fraction of sp³-hybridized carbons (Fsp3) is 0.455. The molecule has 2 heteroatoms. The van der Waals surface area contributed by atoms with E-state index in [0.29, 0.717) is 0 Å². The normalized spacial score (nSPS) is 12.8. The van der Waals surface area contributed by atoms with Crippen molar-refractivity contribution >= 4 is 0 Å². The van der Waals surface area contributed by atoms with Crippen molar-refractivity contribution in [2.45, 2.75) is 26.4 Å². The first-order valence-electron chi connectivity index (χ1n) is 4.62. The molecule has 0 aliphatic carbocycles. The van der Waals surface area contributed by atoms with Crippen LogP contribution in [0.5, 0.6) is 0 Å². The molecule has 1 unspecified atom stereocenters. The summed E-state index contributed by atoms with van der Waals surface area (Å²) in [4.78, 5) is 0. The number of nitrogens with one attached hydrogen (secondary N) is 1. The third-order valence-electron chi connectivity index (χ3n) is 2.01. The first-order chi connectivity index (χ1) is 6.22. The van der Waals surface area contributed by atoms with E-state index in [-0.39, 0.29) is 12.6 Å². The van der Waals surface area contributed by atoms with Crippen molar-refractivity contribution in [1.82, 2.24) is 5.32 Å². The van der Waals surface area contributed by atoms with Gasteiger partial charge in [0.25, 0.3) is 0 Å². The minimum atomic E-state index is 0.167. The second-order valence-electron chi connectivity index (χ2n) is 3.45. The lowest BCUT2D eigenvalue weighted by Crippen LogP contribution is -2.28. The Morgan fingerprint density at radius 3 is 2.85 bits per heavy atom. The fourth-order valence-electron chi connectivity index (χ4n) is 1.18. The van der Waals surface area contributed by atoms with Crippen LogP contribution in [0, 0.1) is 6.92 Å². The lowest BCUT2D eigenvalue weighted by molar-refractivity contribution is 0.251. The van der Waals surface area contributed by atoms with Crippen LogP contribution in [0.25, 0.3) is 0 Å². The Kier molecular flexibility index (Phi) is 3.93. The first-order valence-corrected chi connectivity index (χ1v) is 4.62. The van der Waals surface area contributed by atoms with Gasteiger partial charge >= 0.3 is 0 Å². The van der Waals surface area contributed by atoms with Gasteiger partial charge < -0.3 is 10.4 Å². The summed E-state index contributed by atoms with van der Waals surface area (Å²) in [5.74, 6) is 0. The van der Waals surface area contributed by atoms with Gasteiger partial charge in [-0.2, -0.15) is 0 Å². The van der Waals surface area contributed by atoms with Gasteiger partial charge in [-0.3, -0.25) is 0 Å². The molecule has 0 saturated carbocycles. The molecule has 0 saturated heterocycles. The molecule has 2 N–H and O–H groups in total. The number of aliphatic hydroxyl groups is 1. The van der Waals surface area contributed by atoms with Crippen LogP contribution in [0.3, 0.4) is 0 Å². The molecule has 0 heterocycles. The average molecular weight is 179 g/mol. The molecule has 2 nitrogen and oxygen atoms in total. The van der Waals surface area contributed by atoms with Crippen LogP contribution in [0.15, 0.2) is 24.3 Å². The monoisotopic (exact) mass is 179 g/mol. The second kappa shape index (κ2) is 5.00. The zero-order valence-corrected chi connectivity index (χ0v) is 8.25. The average Bonchev–Trinajstić information content (AvgIpc) is 2.14. The van der Waals surface area contributed by atoms with Gasteiger partial charge in [-0.1, -0.05) is 29.8 Å². The summed E-state index contributed by atoms with van der Waals surface area (Å²) in [6.07, 6.45) is 0. The predicted octanol–water partition coefficient (Wildman–Crippen LogP) is 1.47. The highest BCUT2D eigenvalue weighted by Crippen LogP contribution is 2.03. The van der Waals surface area contributed by atoms with Gasteiger partial charge in [0, 0.05) is 12.6 Å². The van der Waals surface area contributed by atoms with E-state index < -0.39 is 0 Å². The van der Waals surface area contributed by atoms with Crippen LogP contribution >= 0.6 is 0 Å². The second-order valence-corrected chi connectivity index (χ2v) is 3.45. The Morgan fingerprint density at radius 1 is 1.46 bits per heavy atom. The van der Waals surface area contributed by atoms with Crippen molar-refractivity contribution in [2.24, 2.45) is 0 Å². The van der Waals surface area contributed by atoms with Gasteiger partial charge in [0.15, 0.2) is 0 Å². The van der Waals surface area contributed by atoms with Crippen molar-refractivity contribution in [3.8, 4) is 0 Å². The molecule has 72 valence electrons. The molecule has 0 radical (unpaired) electrons. The Labute approximate surface area is 79.6 Å². The number of aliphatic hydroxyl groups excluding tert-OH is 1. The number of hydrogen-bond donors (Lipinski definition) is 2. The van der Waals surface area contributed by atoms with E-state index >= 15 is 0 Å². The summed E-state index contributed by atoms with van der Waals surface area (Å²) in [6.45, 7) is 5.06. The SMILES string of the molecule is Cc1cccc(CNC(C)CO)c1. The fourth-order valence-corrected chi connectivity index (χ4v) is 1.18. The van der Waals surface area contributed by atoms with Crippen molar-refractivity contribution in [1.29, 1.82) is 0 Å². The van der Waals surface area contributed by atoms with Crippen molar-refractivity contribution in [3.05, 3.63) is 35.4 Å². The maximum atomic E-state index is 8.80. The van der Waals surface area contributed by atoms with Gasteiger partial charge in [0.05, 0.1) is 6.61 Å². The Morgan fingerprint density at radius 2 is 2.23 bits per heavy atom. The summed E-state index contributed by atoms with van der Waals surface area (Å²) in [5, 5.41) is 12.0. The predicted molar refractivity (Wildman–Crippen MR) is 54.6 cm³/mol. The van der Waals surface area contributed by atoms with Crippen LogP contribution < -0.4 is 5.32 Å². The maximum Gasteiger partial charge on any atom is 0.0582 e. The highest BCUT2D eigenvalue weighted by Gasteiger charge is 1.98. The molecule has 0 aliphatic rings. The van der Waals surface area contributed by atoms with E-state index in [2.05, 4.69) is 36.5 Å². The Hall–Kier alpha value is -0.860. The van der Waals surface area contributed by atoms with E-state index in [9.17, 15) is 0 Å². The molecule has 0 bridgehead atoms. The first kappa shape index (κ1) is 10.2. The standard InChI is InChI=1S/C11H17NO/c1-9-4-3-5-11(6-9)7-12-10(2)8-13/h3-6,10,12-13H,7-8H2,1-2H3. The number of rotatable bonds is 4. The zero-order valence-electron chi connectivity index (χ0n) is 8.25. The number of benzene rings is 1. The third kappa shape index (κ3) is 3.57. The molecule has 1 aromatic rings. The topological polar surface area (TPSA) is 32.3 Å². The quantitative estimate of drug-likeness (QED) is 0.733. The molecular weight excluding hydrogens is 162 g/mol. The number of hydrogen-bond acceptors (Lipinski definition) is 2. The van der Waals surface area contributed by atoms with E-state index in [1.165, 1.54) is 11.1 Å². The molecule has 0 aromatic heterocycles. The summed E-state index contributed by atoms with van der Waals surface area (Å²) < 4.78 is 0. The van der Waals surface area contributed by atoms with Crippen LogP contribution in [-0.4, -0.2) is 17.8 Å². The Balaban J connectivity index is 2.45. The molecule has 0 spiro atoms. The van der Waals surface area contributed by atoms with Crippen LogP contribution in [0.2, 0.25) is 0 Å². The van der Waals surface area contributed by atoms with Crippen LogP contribution in [0.4, 0.5) is 0 Å². The summed E-state index contributed by atoms with van der Waals surface area (Å²) in [7, 11) is 0. The molecule has 0 fully saturated rings. The van der Waals surface area contributed by atoms with Crippen LogP contribution in [0.1, 0.15) is 18.1 Å². The summed E-state index contributed by atoms with van der Waals surface area (Å²) in [5.41, 5.74) is 2.54. The van der Waals surface area contributed by atoms with Gasteiger partial charge in [-0.05, 0) is 19.4 Å². The van der Waals surface area contributed by atoms with Crippen LogP contribution in [-0.2, 0) is 6.54 Å². The van der Waals surface area contributed by atoms with Crippen molar-refractivity contribution < 1.29 is 5.11 Å². The zero-order chi connectivity index (χ0) is 9.68. The molecule has 0 amide bonds. The van der Waals surface area contributed by atoms with E-state index in [4.69, 9.17) is 5.11 Å². The lowest BCUT2D eigenvalue weighted by Gasteiger charge is -2.10. The van der Waals surface area contributed by atoms with Gasteiger partial charge in [0.2, 0.25) is 0 Å². The maximum absolute atomic E-state index is 8.80.